The zero-order valence-electron chi connectivity index (χ0n) is 15.3. The molecule has 0 fully saturated rings. The van der Waals surface area contributed by atoms with Crippen LogP contribution in [0.1, 0.15) is 71.9 Å². The minimum Gasteiger partial charge on any atom is -0.0842 e. The van der Waals surface area contributed by atoms with E-state index in [9.17, 15) is 0 Å². The molecule has 0 heteroatoms. The fraction of sp³-hybridized carbons (Fsp3) is 0.545. The lowest BCUT2D eigenvalue weighted by Crippen LogP contribution is -2.33. The smallest absolute Gasteiger partial charge is 0.0113 e. The Labute approximate surface area is 137 Å². The van der Waals surface area contributed by atoms with Gasteiger partial charge in [-0.2, -0.15) is 0 Å². The molecule has 0 amide bonds. The van der Waals surface area contributed by atoms with Crippen LogP contribution in [0.5, 0.6) is 0 Å². The highest BCUT2D eigenvalue weighted by atomic mass is 14.5. The molecule has 1 aromatic carbocycles. The minimum atomic E-state index is 0.118. The van der Waals surface area contributed by atoms with E-state index in [0.717, 1.165) is 19.3 Å². The van der Waals surface area contributed by atoms with Crippen LogP contribution in [-0.2, 0) is 6.42 Å². The molecule has 0 saturated heterocycles. The second-order valence-corrected chi connectivity index (χ2v) is 7.44. The first-order valence-corrected chi connectivity index (χ1v) is 8.90. The topological polar surface area (TPSA) is 0 Å². The quantitative estimate of drug-likeness (QED) is 0.535. The standard InChI is InChI=1S/C22H32/c1-7-10-20-21(4,5)19(15-16-22(20,6)9-3)18-13-11-17(8-2)12-14-18/h10-15H,7-9,16H2,1-6H3/b20-10-. The van der Waals surface area contributed by atoms with E-state index in [1.165, 1.54) is 23.1 Å². The van der Waals surface area contributed by atoms with E-state index in [1.54, 1.807) is 5.57 Å². The highest BCUT2D eigenvalue weighted by Crippen LogP contribution is 2.55. The van der Waals surface area contributed by atoms with Crippen LogP contribution in [0.15, 0.2) is 42.0 Å². The lowest BCUT2D eigenvalue weighted by atomic mass is 9.58. The maximum Gasteiger partial charge on any atom is 0.0113 e. The fourth-order valence-corrected chi connectivity index (χ4v) is 4.03. The maximum absolute atomic E-state index is 2.50. The van der Waals surface area contributed by atoms with Gasteiger partial charge < -0.3 is 0 Å². The minimum absolute atomic E-state index is 0.118. The van der Waals surface area contributed by atoms with Crippen LogP contribution < -0.4 is 0 Å². The van der Waals surface area contributed by atoms with Crippen LogP contribution in [0.4, 0.5) is 0 Å². The maximum atomic E-state index is 2.50. The van der Waals surface area contributed by atoms with Crippen molar-refractivity contribution < 1.29 is 0 Å². The van der Waals surface area contributed by atoms with Crippen LogP contribution in [0.2, 0.25) is 0 Å². The summed E-state index contributed by atoms with van der Waals surface area (Å²) < 4.78 is 0. The van der Waals surface area contributed by atoms with Gasteiger partial charge in [0, 0.05) is 5.41 Å². The van der Waals surface area contributed by atoms with Crippen LogP contribution in [0, 0.1) is 10.8 Å². The third-order valence-electron chi connectivity index (χ3n) is 5.62. The lowest BCUT2D eigenvalue weighted by Gasteiger charge is -2.46. The summed E-state index contributed by atoms with van der Waals surface area (Å²) in [5, 5.41) is 0. The SMILES string of the molecule is CC/C=C1\C(C)(CC)CC=C(c2ccc(CC)cc2)C1(C)C. The molecule has 22 heavy (non-hydrogen) atoms. The average Bonchev–Trinajstić information content (AvgIpc) is 2.51. The summed E-state index contributed by atoms with van der Waals surface area (Å²) in [6.45, 7) is 14.0. The van der Waals surface area contributed by atoms with Gasteiger partial charge in [0.2, 0.25) is 0 Å². The van der Waals surface area contributed by atoms with E-state index >= 15 is 0 Å². The van der Waals surface area contributed by atoms with Crippen molar-refractivity contribution in [3.63, 3.8) is 0 Å². The van der Waals surface area contributed by atoms with Gasteiger partial charge in [-0.05, 0) is 47.8 Å². The van der Waals surface area contributed by atoms with Crippen molar-refractivity contribution in [3.8, 4) is 0 Å². The predicted octanol–water partition coefficient (Wildman–Crippen LogP) is 6.82. The molecule has 0 aromatic heterocycles. The highest BCUT2D eigenvalue weighted by molar-refractivity contribution is 5.75. The summed E-state index contributed by atoms with van der Waals surface area (Å²) >= 11 is 0. The van der Waals surface area contributed by atoms with E-state index < -0.39 is 0 Å². The monoisotopic (exact) mass is 296 g/mol. The molecular weight excluding hydrogens is 264 g/mol. The van der Waals surface area contributed by atoms with Crippen LogP contribution in [0.3, 0.4) is 0 Å². The average molecular weight is 296 g/mol. The summed E-state index contributed by atoms with van der Waals surface area (Å²) in [5.41, 5.74) is 6.37. The van der Waals surface area contributed by atoms with Gasteiger partial charge >= 0.3 is 0 Å². The van der Waals surface area contributed by atoms with Crippen molar-refractivity contribution in [1.29, 1.82) is 0 Å². The van der Waals surface area contributed by atoms with Gasteiger partial charge in [-0.15, -0.1) is 0 Å². The first-order valence-electron chi connectivity index (χ1n) is 8.90. The molecule has 1 aliphatic rings. The van der Waals surface area contributed by atoms with Crippen molar-refractivity contribution in [3.05, 3.63) is 53.1 Å². The van der Waals surface area contributed by atoms with Crippen LogP contribution >= 0.6 is 0 Å². The first-order chi connectivity index (χ1) is 10.4. The zero-order valence-corrected chi connectivity index (χ0v) is 15.3. The number of hydrogen-bond acceptors (Lipinski definition) is 0. The first kappa shape index (κ1) is 17.1. The number of benzene rings is 1. The summed E-state index contributed by atoms with van der Waals surface area (Å²) in [7, 11) is 0. The van der Waals surface area contributed by atoms with Gasteiger partial charge in [0.25, 0.3) is 0 Å². The molecule has 0 nitrogen and oxygen atoms in total. The molecule has 0 heterocycles. The summed E-state index contributed by atoms with van der Waals surface area (Å²) in [6, 6.07) is 9.18. The Morgan fingerprint density at radius 2 is 1.64 bits per heavy atom. The van der Waals surface area contributed by atoms with Crippen molar-refractivity contribution in [1.82, 2.24) is 0 Å². The zero-order chi connectivity index (χ0) is 16.4. The van der Waals surface area contributed by atoms with E-state index in [0.29, 0.717) is 5.41 Å². The second kappa shape index (κ2) is 6.44. The van der Waals surface area contributed by atoms with Crippen LogP contribution in [-0.4, -0.2) is 0 Å². The van der Waals surface area contributed by atoms with Gasteiger partial charge in [-0.25, -0.2) is 0 Å². The molecule has 0 radical (unpaired) electrons. The van der Waals surface area contributed by atoms with E-state index in [-0.39, 0.29) is 5.41 Å². The molecule has 0 spiro atoms. The normalized spacial score (nSPS) is 26.1. The molecule has 0 saturated carbocycles. The van der Waals surface area contributed by atoms with Gasteiger partial charge in [0.15, 0.2) is 0 Å². The Bertz CT molecular complexity index is 569. The number of aryl methyl sites for hydroxylation is 1. The van der Waals surface area contributed by atoms with E-state index in [2.05, 4.69) is 78.0 Å². The van der Waals surface area contributed by atoms with Crippen LogP contribution in [0.25, 0.3) is 5.57 Å². The van der Waals surface area contributed by atoms with E-state index in [1.807, 2.05) is 0 Å². The summed E-state index contributed by atoms with van der Waals surface area (Å²) in [4.78, 5) is 0. The lowest BCUT2D eigenvalue weighted by molar-refractivity contribution is 0.310. The van der Waals surface area contributed by atoms with Gasteiger partial charge in [0.1, 0.15) is 0 Å². The van der Waals surface area contributed by atoms with Crippen molar-refractivity contribution in [2.45, 2.75) is 67.2 Å². The van der Waals surface area contributed by atoms with Crippen molar-refractivity contribution >= 4 is 5.57 Å². The summed E-state index contributed by atoms with van der Waals surface area (Å²) in [5.74, 6) is 0. The Morgan fingerprint density at radius 3 is 2.14 bits per heavy atom. The molecule has 1 aliphatic carbocycles. The molecule has 0 aliphatic heterocycles. The van der Waals surface area contributed by atoms with Crippen molar-refractivity contribution in [2.24, 2.45) is 10.8 Å². The number of hydrogen-bond donors (Lipinski definition) is 0. The second-order valence-electron chi connectivity index (χ2n) is 7.44. The predicted molar refractivity (Wildman–Crippen MR) is 99.0 cm³/mol. The Hall–Kier alpha value is -1.30. The molecule has 0 N–H and O–H groups in total. The van der Waals surface area contributed by atoms with Gasteiger partial charge in [-0.3, -0.25) is 0 Å². The molecule has 2 rings (SSSR count). The Morgan fingerprint density at radius 1 is 1.00 bits per heavy atom. The molecular formula is C22H32. The summed E-state index contributed by atoms with van der Waals surface area (Å²) in [6.07, 6.45) is 9.58. The molecule has 1 atom stereocenters. The van der Waals surface area contributed by atoms with Gasteiger partial charge in [-0.1, -0.05) is 83.5 Å². The third kappa shape index (κ3) is 2.93. The number of rotatable bonds is 4. The molecule has 1 aromatic rings. The molecule has 0 bridgehead atoms. The Kier molecular flexibility index (Phi) is 5.00. The number of allylic oxidation sites excluding steroid dienone is 4. The molecule has 1 unspecified atom stereocenters. The largest absolute Gasteiger partial charge is 0.0842 e. The third-order valence-corrected chi connectivity index (χ3v) is 5.62. The Balaban J connectivity index is 2.50. The van der Waals surface area contributed by atoms with Gasteiger partial charge in [0.05, 0.1) is 0 Å². The van der Waals surface area contributed by atoms with E-state index in [4.69, 9.17) is 0 Å². The highest BCUT2D eigenvalue weighted by Gasteiger charge is 2.41. The molecule has 120 valence electrons. The fourth-order valence-electron chi connectivity index (χ4n) is 4.03. The van der Waals surface area contributed by atoms with Crippen molar-refractivity contribution in [2.75, 3.05) is 0 Å².